The zero-order chi connectivity index (χ0) is 26.2. The van der Waals surface area contributed by atoms with E-state index in [9.17, 15) is 19.1 Å². The Balaban J connectivity index is 1.41. The van der Waals surface area contributed by atoms with Crippen molar-refractivity contribution in [2.24, 2.45) is 0 Å². The van der Waals surface area contributed by atoms with Crippen molar-refractivity contribution in [1.82, 2.24) is 0 Å². The van der Waals surface area contributed by atoms with Gasteiger partial charge in [-0.1, -0.05) is 78.3 Å². The first kappa shape index (κ1) is 25.0. The van der Waals surface area contributed by atoms with Gasteiger partial charge in [-0.3, -0.25) is 10.1 Å². The van der Waals surface area contributed by atoms with E-state index in [1.54, 1.807) is 31.2 Å². The fraction of sp³-hybridized carbons (Fsp3) is 0.172. The molecule has 0 spiro atoms. The second-order valence-electron chi connectivity index (χ2n) is 9.00. The average Bonchev–Trinajstić information content (AvgIpc) is 3.62. The summed E-state index contributed by atoms with van der Waals surface area (Å²) in [5.74, 6) is -0.804. The molecule has 0 radical (unpaired) electrons. The maximum atomic E-state index is 14.5. The highest BCUT2D eigenvalue weighted by molar-refractivity contribution is 7.14. The third kappa shape index (κ3) is 4.97. The average molecular weight is 536 g/mol. The van der Waals surface area contributed by atoms with E-state index in [-0.39, 0.29) is 0 Å². The summed E-state index contributed by atoms with van der Waals surface area (Å²) in [6.45, 7) is 1.71. The van der Waals surface area contributed by atoms with Gasteiger partial charge in [0.25, 0.3) is 0 Å². The predicted octanol–water partition coefficient (Wildman–Crippen LogP) is 8.30. The number of nitrogens with one attached hydrogen (secondary N) is 1. The van der Waals surface area contributed by atoms with Crippen molar-refractivity contribution in [2.45, 2.75) is 31.3 Å². The molecule has 0 aliphatic heterocycles. The van der Waals surface area contributed by atoms with Gasteiger partial charge in [0.2, 0.25) is 0 Å². The van der Waals surface area contributed by atoms with E-state index in [4.69, 9.17) is 16.3 Å². The number of anilines is 1. The number of hydrogen-bond donors (Lipinski definition) is 2. The number of benzene rings is 3. The molecule has 8 heteroatoms. The summed E-state index contributed by atoms with van der Waals surface area (Å²) in [5.41, 5.74) is 3.38. The molecule has 0 saturated heterocycles. The number of hydrogen-bond acceptors (Lipinski definition) is 4. The van der Waals surface area contributed by atoms with Crippen LogP contribution in [0.1, 0.15) is 37.0 Å². The fourth-order valence-electron chi connectivity index (χ4n) is 4.47. The maximum absolute atomic E-state index is 14.5. The van der Waals surface area contributed by atoms with Crippen LogP contribution in [-0.2, 0) is 14.9 Å². The Bertz CT molecular complexity index is 1480. The Hall–Kier alpha value is -3.68. The van der Waals surface area contributed by atoms with Crippen LogP contribution in [-0.4, -0.2) is 17.2 Å². The van der Waals surface area contributed by atoms with Crippen LogP contribution in [0.5, 0.6) is 0 Å². The van der Waals surface area contributed by atoms with Crippen molar-refractivity contribution in [3.05, 3.63) is 100 Å². The molecule has 1 amide bonds. The van der Waals surface area contributed by atoms with Gasteiger partial charge in [0, 0.05) is 22.2 Å². The van der Waals surface area contributed by atoms with Crippen molar-refractivity contribution < 1.29 is 23.8 Å². The number of carboxylic acid groups (broad SMARTS) is 1. The van der Waals surface area contributed by atoms with Crippen LogP contribution in [0.2, 0.25) is 5.02 Å². The topological polar surface area (TPSA) is 75.6 Å². The lowest BCUT2D eigenvalue weighted by molar-refractivity contribution is -0.140. The quantitative estimate of drug-likeness (QED) is 0.249. The molecule has 188 valence electrons. The summed E-state index contributed by atoms with van der Waals surface area (Å²) in [5, 5.41) is 12.3. The van der Waals surface area contributed by atoms with Crippen LogP contribution < -0.4 is 5.32 Å². The Morgan fingerprint density at radius 1 is 1.03 bits per heavy atom. The molecule has 1 aliphatic rings. The Morgan fingerprint density at radius 3 is 2.32 bits per heavy atom. The van der Waals surface area contributed by atoms with Crippen LogP contribution in [0.4, 0.5) is 14.9 Å². The number of aliphatic carboxylic acids is 1. The van der Waals surface area contributed by atoms with Crippen molar-refractivity contribution in [1.29, 1.82) is 0 Å². The minimum Gasteiger partial charge on any atom is -0.481 e. The third-order valence-corrected chi connectivity index (χ3v) is 7.95. The van der Waals surface area contributed by atoms with E-state index >= 15 is 0 Å². The molecule has 0 bridgehead atoms. The Morgan fingerprint density at radius 2 is 1.68 bits per heavy atom. The third-order valence-electron chi connectivity index (χ3n) is 6.65. The van der Waals surface area contributed by atoms with Gasteiger partial charge in [-0.05, 0) is 42.5 Å². The Kier molecular flexibility index (Phi) is 6.75. The number of ether oxygens (including phenoxy) is 1. The van der Waals surface area contributed by atoms with Gasteiger partial charge in [0.1, 0.15) is 6.10 Å². The van der Waals surface area contributed by atoms with E-state index in [1.165, 1.54) is 6.07 Å². The van der Waals surface area contributed by atoms with Crippen LogP contribution >= 0.6 is 22.9 Å². The number of halogens is 2. The van der Waals surface area contributed by atoms with Crippen molar-refractivity contribution in [2.75, 3.05) is 5.32 Å². The largest absolute Gasteiger partial charge is 0.481 e. The van der Waals surface area contributed by atoms with Gasteiger partial charge in [-0.25, -0.2) is 4.79 Å². The van der Waals surface area contributed by atoms with Gasteiger partial charge in [0.05, 0.1) is 16.0 Å². The minimum absolute atomic E-state index is 0.297. The minimum atomic E-state index is -0.804. The highest BCUT2D eigenvalue weighted by Crippen LogP contribution is 2.49. The molecule has 1 unspecified atom stereocenters. The molecular weight excluding hydrogens is 513 g/mol. The molecule has 1 fully saturated rings. The number of carboxylic acids is 1. The molecule has 37 heavy (non-hydrogen) atoms. The first-order chi connectivity index (χ1) is 17.8. The summed E-state index contributed by atoms with van der Waals surface area (Å²) < 4.78 is 20.0. The smallest absolute Gasteiger partial charge is 0.412 e. The summed E-state index contributed by atoms with van der Waals surface area (Å²) in [6, 6.07) is 23.3. The first-order valence-corrected chi connectivity index (χ1v) is 12.9. The molecule has 5 nitrogen and oxygen atoms in total. The van der Waals surface area contributed by atoms with E-state index in [2.05, 4.69) is 5.32 Å². The molecule has 1 aromatic heterocycles. The Labute approximate surface area is 222 Å². The number of carbonyl (C=O) groups excluding carboxylic acids is 1. The zero-order valence-corrected chi connectivity index (χ0v) is 21.4. The van der Waals surface area contributed by atoms with Crippen molar-refractivity contribution >= 4 is 40.7 Å². The van der Waals surface area contributed by atoms with E-state index in [0.29, 0.717) is 34.0 Å². The lowest BCUT2D eigenvalue weighted by Crippen LogP contribution is -2.19. The molecule has 2 N–H and O–H groups in total. The number of carbonyl (C=O) groups is 2. The second-order valence-corrected chi connectivity index (χ2v) is 10.4. The maximum Gasteiger partial charge on any atom is 0.412 e. The summed E-state index contributed by atoms with van der Waals surface area (Å²) in [6.07, 6.45) is -0.0661. The van der Waals surface area contributed by atoms with Crippen LogP contribution in [0.3, 0.4) is 0 Å². The van der Waals surface area contributed by atoms with Gasteiger partial charge in [-0.2, -0.15) is 4.39 Å². The first-order valence-electron chi connectivity index (χ1n) is 11.7. The highest BCUT2D eigenvalue weighted by Gasteiger charge is 2.51. The fourth-order valence-corrected chi connectivity index (χ4v) is 5.64. The van der Waals surface area contributed by atoms with Crippen LogP contribution in [0, 0.1) is 5.13 Å². The predicted molar refractivity (Wildman–Crippen MR) is 144 cm³/mol. The molecular formula is C29H23ClFNO4S. The molecule has 5 rings (SSSR count). The van der Waals surface area contributed by atoms with Crippen molar-refractivity contribution in [3.63, 3.8) is 0 Å². The van der Waals surface area contributed by atoms with E-state index in [0.717, 1.165) is 33.6 Å². The molecule has 4 aromatic rings. The van der Waals surface area contributed by atoms with Crippen LogP contribution in [0.25, 0.3) is 21.6 Å². The monoisotopic (exact) mass is 535 g/mol. The lowest BCUT2D eigenvalue weighted by Gasteiger charge is -2.16. The standard InChI is InChI=1S/C29H23ClFNO4S/c1-17(20-6-4-5-9-23(20)30)36-28(35)32-24-16-25(31)37-26(24)22-8-3-2-7-21(22)18-10-12-19(13-11-18)29(14-15-29)27(33)34/h2-13,16-17H,14-15H2,1H3,(H,32,35)(H,33,34). The lowest BCUT2D eigenvalue weighted by atomic mass is 9.92. The molecule has 3 aromatic carbocycles. The normalized spacial score (nSPS) is 14.6. The molecule has 1 heterocycles. The SMILES string of the molecule is CC(OC(=O)Nc1cc(F)sc1-c1ccccc1-c1ccc(C2(C(=O)O)CC2)cc1)c1ccccc1Cl. The van der Waals surface area contributed by atoms with Gasteiger partial charge in [0.15, 0.2) is 5.13 Å². The second kappa shape index (κ2) is 10.00. The van der Waals surface area contributed by atoms with Gasteiger partial charge in [-0.15, -0.1) is 11.3 Å². The summed E-state index contributed by atoms with van der Waals surface area (Å²) >= 11 is 7.13. The van der Waals surface area contributed by atoms with Crippen LogP contribution in [0.15, 0.2) is 78.9 Å². The van der Waals surface area contributed by atoms with Gasteiger partial charge < -0.3 is 9.84 Å². The van der Waals surface area contributed by atoms with E-state index in [1.807, 2.05) is 48.5 Å². The zero-order valence-electron chi connectivity index (χ0n) is 19.8. The number of thiophene rings is 1. The molecule has 1 aliphatic carbocycles. The highest BCUT2D eigenvalue weighted by atomic mass is 35.5. The van der Waals surface area contributed by atoms with Crippen molar-refractivity contribution in [3.8, 4) is 21.6 Å². The van der Waals surface area contributed by atoms with Gasteiger partial charge >= 0.3 is 12.1 Å². The summed E-state index contributed by atoms with van der Waals surface area (Å²) in [4.78, 5) is 24.9. The molecule has 1 saturated carbocycles. The number of amides is 1. The number of rotatable bonds is 7. The summed E-state index contributed by atoms with van der Waals surface area (Å²) in [7, 11) is 0. The molecule has 1 atom stereocenters. The van der Waals surface area contributed by atoms with E-state index < -0.39 is 28.7 Å².